The number of nitrogens with one attached hydrogen (secondary N) is 1. The summed E-state index contributed by atoms with van der Waals surface area (Å²) >= 11 is 3.80. The topological polar surface area (TPSA) is 131 Å². The predicted octanol–water partition coefficient (Wildman–Crippen LogP) is 6.03. The second-order valence-electron chi connectivity index (χ2n) is 10.8. The van der Waals surface area contributed by atoms with Gasteiger partial charge in [0.25, 0.3) is 11.8 Å². The zero-order valence-electron chi connectivity index (χ0n) is 26.3. The van der Waals surface area contributed by atoms with Crippen LogP contribution in [0, 0.1) is 0 Å². The third-order valence-corrected chi connectivity index (χ3v) is 9.12. The van der Waals surface area contributed by atoms with Gasteiger partial charge in [0, 0.05) is 0 Å². The third-order valence-electron chi connectivity index (χ3n) is 7.72. The number of allylic oxidation sites excluding steroid dienone is 1. The number of alkyl halides is 1. The molecule has 49 heavy (non-hydrogen) atoms. The molecule has 5 rings (SSSR count). The molecule has 1 fully saturated rings. The largest absolute Gasteiger partial charge is 0.509 e. The zero-order chi connectivity index (χ0) is 34.8. The summed E-state index contributed by atoms with van der Waals surface area (Å²) in [5.41, 5.74) is 2.87. The van der Waals surface area contributed by atoms with Crippen molar-refractivity contribution in [3.8, 4) is 5.75 Å². The van der Waals surface area contributed by atoms with Crippen LogP contribution in [0.4, 0.5) is 0 Å². The molecule has 0 spiro atoms. The molecule has 0 radical (unpaired) electrons. The van der Waals surface area contributed by atoms with Crippen molar-refractivity contribution in [2.24, 2.45) is 0 Å². The van der Waals surface area contributed by atoms with E-state index in [4.69, 9.17) is 14.2 Å². The Labute approximate surface area is 296 Å². The minimum Gasteiger partial charge on any atom is -0.509 e. The van der Waals surface area contributed by atoms with Gasteiger partial charge in [-0.3, -0.25) is 19.3 Å². The highest BCUT2D eigenvalue weighted by molar-refractivity contribution is 9.09. The number of halogens is 1. The summed E-state index contributed by atoms with van der Waals surface area (Å²) in [5.74, 6) is -2.19. The molecule has 1 aliphatic heterocycles. The van der Waals surface area contributed by atoms with E-state index in [0.29, 0.717) is 34.3 Å². The van der Waals surface area contributed by atoms with Gasteiger partial charge in [0.1, 0.15) is 35.6 Å². The minimum absolute atomic E-state index is 0.157. The molecule has 4 aromatic rings. The van der Waals surface area contributed by atoms with Crippen LogP contribution in [-0.2, 0) is 35.3 Å². The van der Waals surface area contributed by atoms with Crippen LogP contribution in [0.15, 0.2) is 127 Å². The quantitative estimate of drug-likeness (QED) is 0.0374. The number of ether oxygens (including phenoxy) is 3. The molecule has 2 amide bonds. The van der Waals surface area contributed by atoms with E-state index in [1.54, 1.807) is 48.5 Å². The molecule has 2 N–H and O–H groups in total. The van der Waals surface area contributed by atoms with Crippen LogP contribution in [0.5, 0.6) is 5.75 Å². The number of carbonyl (C=O) groups is 4. The SMILES string of the molecule is COc1ccc(COC(=O)C(=C(O)CBr)N2C(=O)C(NC(=O)C(OC(c3ccccc3)c3ccccc3)c3ccccc3)C2SC=O)cc1. The predicted molar refractivity (Wildman–Crippen MR) is 188 cm³/mol. The van der Waals surface area contributed by atoms with Gasteiger partial charge in [0.2, 0.25) is 0 Å². The Hall–Kier alpha value is -4.91. The van der Waals surface area contributed by atoms with Gasteiger partial charge in [-0.25, -0.2) is 4.79 Å². The molecule has 3 unspecified atom stereocenters. The Morgan fingerprint density at radius 3 is 1.96 bits per heavy atom. The fraction of sp³-hybridized carbons (Fsp3) is 0.189. The Bertz CT molecular complexity index is 1740. The zero-order valence-corrected chi connectivity index (χ0v) is 28.7. The molecule has 0 saturated carbocycles. The Kier molecular flexibility index (Phi) is 12.3. The van der Waals surface area contributed by atoms with Crippen LogP contribution in [0.3, 0.4) is 0 Å². The second kappa shape index (κ2) is 17.0. The van der Waals surface area contributed by atoms with Crippen LogP contribution < -0.4 is 10.1 Å². The van der Waals surface area contributed by atoms with Gasteiger partial charge in [-0.15, -0.1) is 0 Å². The maximum atomic E-state index is 14.1. The Balaban J connectivity index is 1.39. The van der Waals surface area contributed by atoms with Crippen LogP contribution >= 0.6 is 27.7 Å². The highest BCUT2D eigenvalue weighted by atomic mass is 79.9. The van der Waals surface area contributed by atoms with Crippen molar-refractivity contribution in [2.45, 2.75) is 30.2 Å². The lowest BCUT2D eigenvalue weighted by atomic mass is 9.99. The monoisotopic (exact) mass is 744 g/mol. The van der Waals surface area contributed by atoms with E-state index >= 15 is 0 Å². The number of rotatable bonds is 15. The van der Waals surface area contributed by atoms with E-state index in [0.717, 1.165) is 16.0 Å². The van der Waals surface area contributed by atoms with Gasteiger partial charge in [-0.2, -0.15) is 0 Å². The highest BCUT2D eigenvalue weighted by Crippen LogP contribution is 2.37. The van der Waals surface area contributed by atoms with Crippen LogP contribution in [0.1, 0.15) is 34.5 Å². The van der Waals surface area contributed by atoms with Crippen molar-refractivity contribution in [1.82, 2.24) is 10.2 Å². The summed E-state index contributed by atoms with van der Waals surface area (Å²) in [6.45, 7) is -0.157. The van der Waals surface area contributed by atoms with Gasteiger partial charge >= 0.3 is 5.97 Å². The smallest absolute Gasteiger partial charge is 0.358 e. The van der Waals surface area contributed by atoms with Crippen molar-refractivity contribution < 1.29 is 38.5 Å². The van der Waals surface area contributed by atoms with Gasteiger partial charge < -0.3 is 24.6 Å². The molecule has 12 heteroatoms. The maximum absolute atomic E-state index is 14.1. The number of esters is 1. The third kappa shape index (κ3) is 8.40. The molecule has 4 aromatic carbocycles. The molecule has 0 aliphatic carbocycles. The number of β-lactam (4-membered cyclic amide) rings is 1. The van der Waals surface area contributed by atoms with E-state index in [1.807, 2.05) is 66.7 Å². The molecule has 10 nitrogen and oxygen atoms in total. The summed E-state index contributed by atoms with van der Waals surface area (Å²) < 4.78 is 17.2. The number of likely N-dealkylation sites (tertiary alicyclic amines) is 1. The maximum Gasteiger partial charge on any atom is 0.358 e. The average Bonchev–Trinajstić information content (AvgIpc) is 3.15. The molecular formula is C37H33BrN2O8S. The number of aliphatic hydroxyl groups is 1. The summed E-state index contributed by atoms with van der Waals surface area (Å²) in [5, 5.41) is 12.2. The first-order valence-corrected chi connectivity index (χ1v) is 17.2. The van der Waals surface area contributed by atoms with Crippen molar-refractivity contribution in [1.29, 1.82) is 0 Å². The van der Waals surface area contributed by atoms with Crippen molar-refractivity contribution in [3.05, 3.63) is 149 Å². The highest BCUT2D eigenvalue weighted by Gasteiger charge is 2.53. The summed E-state index contributed by atoms with van der Waals surface area (Å²) in [6.07, 6.45) is -1.81. The number of amides is 2. The number of methoxy groups -OCH3 is 1. The van der Waals surface area contributed by atoms with Gasteiger partial charge in [0.05, 0.1) is 12.4 Å². The summed E-state index contributed by atoms with van der Waals surface area (Å²) in [7, 11) is 1.53. The normalized spacial score (nSPS) is 16.6. The second-order valence-corrected chi connectivity index (χ2v) is 12.3. The van der Waals surface area contributed by atoms with Crippen molar-refractivity contribution in [2.75, 3.05) is 12.4 Å². The van der Waals surface area contributed by atoms with Crippen molar-refractivity contribution >= 4 is 51.1 Å². The van der Waals surface area contributed by atoms with E-state index in [9.17, 15) is 24.3 Å². The fourth-order valence-electron chi connectivity index (χ4n) is 5.28. The number of benzene rings is 4. The van der Waals surface area contributed by atoms with Crippen LogP contribution in [0.2, 0.25) is 0 Å². The number of hydrogen-bond donors (Lipinski definition) is 2. The van der Waals surface area contributed by atoms with Gasteiger partial charge in [0.15, 0.2) is 17.4 Å². The number of thioether (sulfide) groups is 1. The van der Waals surface area contributed by atoms with Crippen LogP contribution in [0.25, 0.3) is 0 Å². The Morgan fingerprint density at radius 2 is 1.45 bits per heavy atom. The number of aliphatic hydroxyl groups excluding tert-OH is 1. The first kappa shape index (κ1) is 35.4. The van der Waals surface area contributed by atoms with E-state index in [-0.39, 0.29) is 11.9 Å². The summed E-state index contributed by atoms with van der Waals surface area (Å²) in [6, 6.07) is 33.3. The van der Waals surface area contributed by atoms with E-state index in [1.165, 1.54) is 7.11 Å². The molecule has 1 heterocycles. The fourth-order valence-corrected chi connectivity index (χ4v) is 6.33. The molecule has 3 atom stereocenters. The molecular weight excluding hydrogens is 712 g/mol. The lowest BCUT2D eigenvalue weighted by Crippen LogP contribution is -2.70. The van der Waals surface area contributed by atoms with Gasteiger partial charge in [-0.05, 0) is 34.4 Å². The van der Waals surface area contributed by atoms with Gasteiger partial charge in [-0.1, -0.05) is 131 Å². The van der Waals surface area contributed by atoms with Crippen molar-refractivity contribution in [3.63, 3.8) is 0 Å². The molecule has 1 saturated heterocycles. The lowest BCUT2D eigenvalue weighted by molar-refractivity contribution is -0.155. The van der Waals surface area contributed by atoms with E-state index < -0.39 is 52.9 Å². The molecule has 0 aromatic heterocycles. The number of carbonyl (C=O) groups excluding carboxylic acids is 4. The molecule has 1 aliphatic rings. The first-order valence-electron chi connectivity index (χ1n) is 15.2. The standard InChI is InChI=1S/C37H33BrN2O8S/c1-46-28-19-17-24(18-20-28)22-47-37(45)31(29(42)21-38)40-35(44)30(36(40)49-23-41)39-34(43)33(27-15-9-4-10-16-27)48-32(25-11-5-2-6-12-25)26-13-7-3-8-14-26/h2-20,23,30,32-33,36,42H,21-22H2,1H3,(H,39,43). The van der Waals surface area contributed by atoms with E-state index in [2.05, 4.69) is 21.2 Å². The number of hydrogen-bond acceptors (Lipinski definition) is 9. The minimum atomic E-state index is -1.23. The first-order chi connectivity index (χ1) is 23.9. The summed E-state index contributed by atoms with van der Waals surface area (Å²) in [4.78, 5) is 53.8. The lowest BCUT2D eigenvalue weighted by Gasteiger charge is -2.46. The Morgan fingerprint density at radius 1 is 0.898 bits per heavy atom. The molecule has 0 bridgehead atoms. The molecule has 252 valence electrons. The number of nitrogens with zero attached hydrogens (tertiary/aromatic N) is 1. The average molecular weight is 746 g/mol. The van der Waals surface area contributed by atoms with Crippen LogP contribution in [-0.4, -0.2) is 57.3 Å².